The Morgan fingerprint density at radius 2 is 1.93 bits per heavy atom. The molecule has 3 heterocycles. The van der Waals surface area contributed by atoms with Gasteiger partial charge in [0.05, 0.1) is 33.9 Å². The lowest BCUT2D eigenvalue weighted by Gasteiger charge is -2.25. The van der Waals surface area contributed by atoms with Gasteiger partial charge < -0.3 is 14.2 Å². The highest BCUT2D eigenvalue weighted by atomic mass is 35.5. The summed E-state index contributed by atoms with van der Waals surface area (Å²) in [4.78, 5) is 46.3. The average Bonchev–Trinajstić information content (AvgIpc) is 3.28. The third-order valence-corrected chi connectivity index (χ3v) is 7.76. The summed E-state index contributed by atoms with van der Waals surface area (Å²) in [5, 5.41) is 11.3. The first-order chi connectivity index (χ1) is 20.7. The van der Waals surface area contributed by atoms with Crippen molar-refractivity contribution in [3.63, 3.8) is 0 Å². The molecule has 2 aromatic carbocycles. The Labute approximate surface area is 254 Å². The molecule has 2 aromatic heterocycles. The molecule has 1 atom stereocenters. The number of benzene rings is 2. The molecule has 43 heavy (non-hydrogen) atoms. The number of esters is 1. The van der Waals surface area contributed by atoms with E-state index in [1.54, 1.807) is 62.4 Å². The average molecular weight is 621 g/mol. The molecule has 13 heteroatoms. The van der Waals surface area contributed by atoms with Gasteiger partial charge in [0, 0.05) is 17.2 Å². The van der Waals surface area contributed by atoms with E-state index in [0.29, 0.717) is 49.3 Å². The van der Waals surface area contributed by atoms with Crippen molar-refractivity contribution in [2.45, 2.75) is 26.8 Å². The van der Waals surface area contributed by atoms with E-state index in [1.807, 2.05) is 6.92 Å². The fourth-order valence-corrected chi connectivity index (χ4v) is 5.84. The molecule has 1 aliphatic heterocycles. The lowest BCUT2D eigenvalue weighted by molar-refractivity contribution is -0.385. The van der Waals surface area contributed by atoms with E-state index >= 15 is 0 Å². The molecular formula is C30H25ClN4O7S. The van der Waals surface area contributed by atoms with Gasteiger partial charge in [0.1, 0.15) is 12.2 Å². The molecule has 0 N–H and O–H groups in total. The molecule has 0 fully saturated rings. The van der Waals surface area contributed by atoms with Gasteiger partial charge in [-0.3, -0.25) is 19.5 Å². The van der Waals surface area contributed by atoms with E-state index < -0.39 is 16.9 Å². The Bertz CT molecular complexity index is 1930. The van der Waals surface area contributed by atoms with Gasteiger partial charge in [0.2, 0.25) is 5.88 Å². The molecule has 0 amide bonds. The summed E-state index contributed by atoms with van der Waals surface area (Å²) in [7, 11) is 0. The first-order valence-electron chi connectivity index (χ1n) is 13.2. The molecule has 0 radical (unpaired) electrons. The maximum absolute atomic E-state index is 13.9. The first-order valence-corrected chi connectivity index (χ1v) is 14.4. The summed E-state index contributed by atoms with van der Waals surface area (Å²) in [5.41, 5.74) is 1.40. The summed E-state index contributed by atoms with van der Waals surface area (Å²) < 4.78 is 18.8. The van der Waals surface area contributed by atoms with Crippen molar-refractivity contribution in [3.8, 4) is 17.4 Å². The molecule has 11 nitrogen and oxygen atoms in total. The maximum Gasteiger partial charge on any atom is 0.338 e. The van der Waals surface area contributed by atoms with Gasteiger partial charge in [-0.1, -0.05) is 47.2 Å². The minimum absolute atomic E-state index is 0.153. The number of rotatable bonds is 9. The zero-order chi connectivity index (χ0) is 30.7. The van der Waals surface area contributed by atoms with Crippen LogP contribution in [0.4, 0.5) is 5.69 Å². The van der Waals surface area contributed by atoms with Crippen LogP contribution in [0.15, 0.2) is 81.9 Å². The molecule has 0 bridgehead atoms. The molecule has 1 aliphatic rings. The Morgan fingerprint density at radius 1 is 1.14 bits per heavy atom. The van der Waals surface area contributed by atoms with Gasteiger partial charge >= 0.3 is 5.97 Å². The van der Waals surface area contributed by atoms with Crippen LogP contribution in [0.25, 0.3) is 6.08 Å². The number of nitrogens with zero attached hydrogens (tertiary/aromatic N) is 4. The summed E-state index contributed by atoms with van der Waals surface area (Å²) in [6.07, 6.45) is 2.81. The Morgan fingerprint density at radius 3 is 2.60 bits per heavy atom. The Balaban J connectivity index is 1.58. The fourth-order valence-electron chi connectivity index (χ4n) is 4.55. The maximum atomic E-state index is 13.9. The monoisotopic (exact) mass is 620 g/mol. The fraction of sp³-hybridized carbons (Fsp3) is 0.200. The molecule has 5 rings (SSSR count). The Kier molecular flexibility index (Phi) is 8.69. The second-order valence-corrected chi connectivity index (χ2v) is 10.6. The van der Waals surface area contributed by atoms with E-state index in [0.717, 1.165) is 6.20 Å². The van der Waals surface area contributed by atoms with Gasteiger partial charge in [-0.25, -0.2) is 14.8 Å². The first kappa shape index (κ1) is 29.7. The van der Waals surface area contributed by atoms with Gasteiger partial charge in [-0.2, -0.15) is 0 Å². The zero-order valence-corrected chi connectivity index (χ0v) is 24.8. The number of halogens is 1. The van der Waals surface area contributed by atoms with Crippen molar-refractivity contribution < 1.29 is 23.9 Å². The summed E-state index contributed by atoms with van der Waals surface area (Å²) in [6, 6.07) is 14.0. The number of nitro groups is 1. The van der Waals surface area contributed by atoms with E-state index in [-0.39, 0.29) is 29.3 Å². The molecule has 0 spiro atoms. The number of hydrogen-bond acceptors (Lipinski definition) is 10. The van der Waals surface area contributed by atoms with Crippen LogP contribution in [-0.4, -0.2) is 33.7 Å². The van der Waals surface area contributed by atoms with Gasteiger partial charge in [0.15, 0.2) is 16.3 Å². The number of carbonyl (C=O) groups is 1. The number of thiazole rings is 1. The highest BCUT2D eigenvalue weighted by Crippen LogP contribution is 2.35. The quantitative estimate of drug-likeness (QED) is 0.146. The number of pyridine rings is 1. The van der Waals surface area contributed by atoms with Crippen molar-refractivity contribution in [2.24, 2.45) is 4.99 Å². The summed E-state index contributed by atoms with van der Waals surface area (Å²) in [6.45, 7) is 5.74. The zero-order valence-electron chi connectivity index (χ0n) is 23.3. The van der Waals surface area contributed by atoms with Crippen LogP contribution in [0.3, 0.4) is 0 Å². The highest BCUT2D eigenvalue weighted by Gasteiger charge is 2.34. The molecule has 0 saturated heterocycles. The van der Waals surface area contributed by atoms with Crippen molar-refractivity contribution in [1.29, 1.82) is 0 Å². The van der Waals surface area contributed by atoms with Gasteiger partial charge in [0.25, 0.3) is 11.2 Å². The SMILES string of the molecule is CCOC(=O)C1=C(C)N=c2s/c(=C/c3ccc(Oc4ccc([N+](=O)[O-])cn4)c(OCC)c3)c(=O)n2[C@@H]1c1ccccc1Cl. The molecule has 0 aliphatic carbocycles. The van der Waals surface area contributed by atoms with Crippen LogP contribution in [0, 0.1) is 10.1 Å². The van der Waals surface area contributed by atoms with Crippen molar-refractivity contribution >= 4 is 40.7 Å². The highest BCUT2D eigenvalue weighted by molar-refractivity contribution is 7.07. The van der Waals surface area contributed by atoms with Crippen LogP contribution >= 0.6 is 22.9 Å². The topological polar surface area (TPSA) is 135 Å². The number of hydrogen-bond donors (Lipinski definition) is 0. The van der Waals surface area contributed by atoms with Crippen molar-refractivity contribution in [1.82, 2.24) is 9.55 Å². The van der Waals surface area contributed by atoms with E-state index in [2.05, 4.69) is 9.98 Å². The number of allylic oxidation sites excluding steroid dienone is 1. The normalized spacial score (nSPS) is 14.6. The van der Waals surface area contributed by atoms with Crippen LogP contribution in [0.5, 0.6) is 17.4 Å². The van der Waals surface area contributed by atoms with Crippen molar-refractivity contribution in [3.05, 3.63) is 118 Å². The molecule has 0 unspecified atom stereocenters. The third-order valence-electron chi connectivity index (χ3n) is 6.43. The minimum Gasteiger partial charge on any atom is -0.490 e. The van der Waals surface area contributed by atoms with Crippen LogP contribution in [-0.2, 0) is 9.53 Å². The largest absolute Gasteiger partial charge is 0.490 e. The molecular weight excluding hydrogens is 596 g/mol. The summed E-state index contributed by atoms with van der Waals surface area (Å²) >= 11 is 7.75. The van der Waals surface area contributed by atoms with Gasteiger partial charge in [-0.05, 0) is 56.2 Å². The molecule has 220 valence electrons. The van der Waals surface area contributed by atoms with Gasteiger partial charge in [-0.15, -0.1) is 0 Å². The Hall–Kier alpha value is -4.81. The van der Waals surface area contributed by atoms with E-state index in [9.17, 15) is 19.7 Å². The number of ether oxygens (including phenoxy) is 3. The number of carbonyl (C=O) groups excluding carboxylic acids is 1. The lowest BCUT2D eigenvalue weighted by Crippen LogP contribution is -2.40. The number of fused-ring (bicyclic) bond motifs is 1. The van der Waals surface area contributed by atoms with Crippen LogP contribution in [0.2, 0.25) is 5.02 Å². The molecule has 4 aromatic rings. The van der Waals surface area contributed by atoms with E-state index in [4.69, 9.17) is 25.8 Å². The third kappa shape index (κ3) is 6.06. The van der Waals surface area contributed by atoms with Crippen LogP contribution < -0.4 is 24.4 Å². The molecule has 0 saturated carbocycles. The smallest absolute Gasteiger partial charge is 0.338 e. The predicted octanol–water partition coefficient (Wildman–Crippen LogP) is 4.95. The van der Waals surface area contributed by atoms with Crippen LogP contribution in [0.1, 0.15) is 37.9 Å². The second-order valence-electron chi connectivity index (χ2n) is 9.18. The number of aromatic nitrogens is 2. The summed E-state index contributed by atoms with van der Waals surface area (Å²) in [5.74, 6) is 0.316. The minimum atomic E-state index is -0.824. The lowest BCUT2D eigenvalue weighted by atomic mass is 9.96. The predicted molar refractivity (Wildman–Crippen MR) is 160 cm³/mol. The second kappa shape index (κ2) is 12.6. The van der Waals surface area contributed by atoms with Crippen molar-refractivity contribution in [2.75, 3.05) is 13.2 Å². The van der Waals surface area contributed by atoms with E-state index in [1.165, 1.54) is 28.0 Å². The standard InChI is InChI=1S/C30H25ClN4O7S/c1-4-40-23-14-18(10-12-22(23)42-25-13-11-19(16-32-25)35(38)39)15-24-28(36)34-27(20-8-6-7-9-21(20)31)26(29(37)41-5-2)17(3)33-30(34)43-24/h6-16,27H,4-5H2,1-3H3/b24-15+/t27-/m1/s1.